The minimum Gasteiger partial charge on any atom is -0.478 e. The maximum Gasteiger partial charge on any atom is 0.336 e. The fourth-order valence-electron chi connectivity index (χ4n) is 3.84. The molecule has 2 aromatic carbocycles. The molecule has 1 aliphatic rings. The molecule has 1 N–H and O–H groups in total. The van der Waals surface area contributed by atoms with Crippen molar-refractivity contribution in [3.8, 4) is 11.5 Å². The van der Waals surface area contributed by atoms with Gasteiger partial charge in [0.2, 0.25) is 0 Å². The van der Waals surface area contributed by atoms with Crippen LogP contribution in [0.15, 0.2) is 54.7 Å². The summed E-state index contributed by atoms with van der Waals surface area (Å²) in [7, 11) is 1.85. The molecule has 7 heteroatoms. The standard InChI is InChI=1S/C23H16FN3O3/c1-27-22(13-10-19-17(23(28)29)8-9-25-20(19)11-13)18-7-6-16(12-21(18)26-27)30-15-4-2-14(24)3-5-15/h2-9,11-12H,10H2,1H3,(H,28,29). The van der Waals surface area contributed by atoms with E-state index in [0.717, 1.165) is 22.2 Å². The number of aromatic carboxylic acids is 1. The molecule has 4 aromatic rings. The van der Waals surface area contributed by atoms with Crippen LogP contribution >= 0.6 is 0 Å². The summed E-state index contributed by atoms with van der Waals surface area (Å²) in [6.45, 7) is 0. The van der Waals surface area contributed by atoms with Gasteiger partial charge in [0, 0.05) is 31.1 Å². The summed E-state index contributed by atoms with van der Waals surface area (Å²) in [4.78, 5) is 15.9. The lowest BCUT2D eigenvalue weighted by Gasteiger charge is -2.07. The third-order valence-corrected chi connectivity index (χ3v) is 5.16. The van der Waals surface area contributed by atoms with Gasteiger partial charge in [-0.1, -0.05) is 0 Å². The molecule has 0 spiro atoms. The second-order valence-corrected chi connectivity index (χ2v) is 7.08. The number of nitrogens with zero attached hydrogens (tertiary/aromatic N) is 3. The second-order valence-electron chi connectivity index (χ2n) is 7.08. The lowest BCUT2D eigenvalue weighted by molar-refractivity contribution is 0.0695. The highest BCUT2D eigenvalue weighted by Gasteiger charge is 2.24. The van der Waals surface area contributed by atoms with Crippen LogP contribution in [-0.4, -0.2) is 25.8 Å². The zero-order valence-corrected chi connectivity index (χ0v) is 16.0. The van der Waals surface area contributed by atoms with Crippen LogP contribution in [0.5, 0.6) is 11.5 Å². The summed E-state index contributed by atoms with van der Waals surface area (Å²) in [5.74, 6) is -0.148. The number of ether oxygens (including phenoxy) is 1. The van der Waals surface area contributed by atoms with Crippen molar-refractivity contribution in [2.24, 2.45) is 7.05 Å². The number of halogens is 1. The number of carboxylic acid groups (broad SMARTS) is 1. The van der Waals surface area contributed by atoms with Gasteiger partial charge in [0.15, 0.2) is 0 Å². The third kappa shape index (κ3) is 3.00. The van der Waals surface area contributed by atoms with Crippen molar-refractivity contribution in [1.82, 2.24) is 14.8 Å². The van der Waals surface area contributed by atoms with Crippen LogP contribution in [0.4, 0.5) is 4.39 Å². The summed E-state index contributed by atoms with van der Waals surface area (Å²) >= 11 is 0. The molecule has 1 aliphatic carbocycles. The molecule has 0 fully saturated rings. The number of fused-ring (bicyclic) bond motifs is 2. The van der Waals surface area contributed by atoms with Crippen LogP contribution in [0.3, 0.4) is 0 Å². The second kappa shape index (κ2) is 6.81. The predicted molar refractivity (Wildman–Crippen MR) is 110 cm³/mol. The number of hydrogen-bond donors (Lipinski definition) is 1. The highest BCUT2D eigenvalue weighted by molar-refractivity contribution is 6.00. The average molecular weight is 401 g/mol. The van der Waals surface area contributed by atoms with Gasteiger partial charge < -0.3 is 9.84 Å². The zero-order chi connectivity index (χ0) is 20.8. The Morgan fingerprint density at radius 1 is 1.13 bits per heavy atom. The molecule has 0 bridgehead atoms. The summed E-state index contributed by atoms with van der Waals surface area (Å²) < 4.78 is 20.7. The number of benzene rings is 2. The number of aryl methyl sites for hydroxylation is 1. The fourth-order valence-corrected chi connectivity index (χ4v) is 3.84. The Bertz CT molecular complexity index is 1340. The van der Waals surface area contributed by atoms with Crippen molar-refractivity contribution in [2.45, 2.75) is 6.42 Å². The van der Waals surface area contributed by atoms with E-state index in [-0.39, 0.29) is 11.4 Å². The van der Waals surface area contributed by atoms with Gasteiger partial charge in [0.1, 0.15) is 17.3 Å². The molecule has 0 atom stereocenters. The Morgan fingerprint density at radius 3 is 2.67 bits per heavy atom. The number of carboxylic acids is 1. The Labute approximate surface area is 170 Å². The van der Waals surface area contributed by atoms with Gasteiger partial charge in [-0.3, -0.25) is 9.67 Å². The maximum absolute atomic E-state index is 13.1. The Kier molecular flexibility index (Phi) is 4.10. The minimum atomic E-state index is -0.958. The molecule has 5 rings (SSSR count). The molecular weight excluding hydrogens is 385 g/mol. The molecule has 2 aromatic heterocycles. The molecule has 0 unspecified atom stereocenters. The van der Waals surface area contributed by atoms with E-state index in [9.17, 15) is 14.3 Å². The van der Waals surface area contributed by atoms with E-state index in [2.05, 4.69) is 10.1 Å². The van der Waals surface area contributed by atoms with E-state index in [1.165, 1.54) is 24.4 Å². The van der Waals surface area contributed by atoms with Gasteiger partial charge in [-0.15, -0.1) is 0 Å². The van der Waals surface area contributed by atoms with Crippen LogP contribution in [0.1, 0.15) is 27.3 Å². The number of aromatic nitrogens is 3. The Balaban J connectivity index is 1.50. The highest BCUT2D eigenvalue weighted by atomic mass is 19.1. The van der Waals surface area contributed by atoms with Gasteiger partial charge in [-0.2, -0.15) is 5.10 Å². The van der Waals surface area contributed by atoms with Crippen LogP contribution in [0.25, 0.3) is 22.6 Å². The van der Waals surface area contributed by atoms with Gasteiger partial charge >= 0.3 is 5.97 Å². The van der Waals surface area contributed by atoms with Crippen molar-refractivity contribution in [1.29, 1.82) is 0 Å². The molecule has 2 heterocycles. The predicted octanol–water partition coefficient (Wildman–Crippen LogP) is 4.69. The Morgan fingerprint density at radius 2 is 1.90 bits per heavy atom. The van der Waals surface area contributed by atoms with E-state index in [0.29, 0.717) is 29.2 Å². The SMILES string of the molecule is Cn1nc2cc(Oc3ccc(F)cc3)ccc2c1C1=Cc2nccc(C(=O)O)c2C1. The minimum absolute atomic E-state index is 0.271. The first-order valence-electron chi connectivity index (χ1n) is 9.32. The molecule has 6 nitrogen and oxygen atoms in total. The Hall–Kier alpha value is -4.00. The molecular formula is C23H16FN3O3. The number of pyridine rings is 1. The molecule has 0 radical (unpaired) electrons. The summed E-state index contributed by atoms with van der Waals surface area (Å²) in [5, 5.41) is 15.0. The van der Waals surface area contributed by atoms with E-state index in [1.54, 1.807) is 16.8 Å². The fraction of sp³-hybridized carbons (Fsp3) is 0.0870. The van der Waals surface area contributed by atoms with Crippen LogP contribution in [-0.2, 0) is 13.5 Å². The summed E-state index contributed by atoms with van der Waals surface area (Å²) in [6, 6.07) is 12.9. The molecule has 0 saturated heterocycles. The van der Waals surface area contributed by atoms with Crippen molar-refractivity contribution in [2.75, 3.05) is 0 Å². The van der Waals surface area contributed by atoms with E-state index in [4.69, 9.17) is 4.74 Å². The topological polar surface area (TPSA) is 77.2 Å². The first-order valence-corrected chi connectivity index (χ1v) is 9.32. The van der Waals surface area contributed by atoms with Crippen molar-refractivity contribution >= 4 is 28.5 Å². The van der Waals surface area contributed by atoms with Crippen LogP contribution < -0.4 is 4.74 Å². The van der Waals surface area contributed by atoms with E-state index < -0.39 is 5.97 Å². The highest BCUT2D eigenvalue weighted by Crippen LogP contribution is 2.36. The molecule has 30 heavy (non-hydrogen) atoms. The largest absolute Gasteiger partial charge is 0.478 e. The third-order valence-electron chi connectivity index (χ3n) is 5.16. The van der Waals surface area contributed by atoms with Crippen LogP contribution in [0, 0.1) is 5.82 Å². The number of carbonyl (C=O) groups is 1. The number of rotatable bonds is 4. The van der Waals surface area contributed by atoms with Crippen molar-refractivity contribution in [3.05, 3.63) is 83.1 Å². The normalized spacial score (nSPS) is 12.7. The molecule has 0 saturated carbocycles. The lowest BCUT2D eigenvalue weighted by Crippen LogP contribution is -2.04. The zero-order valence-electron chi connectivity index (χ0n) is 16.0. The first-order chi connectivity index (χ1) is 14.5. The maximum atomic E-state index is 13.1. The molecule has 148 valence electrons. The summed E-state index contributed by atoms with van der Waals surface area (Å²) in [5.41, 5.74) is 4.28. The molecule has 0 aliphatic heterocycles. The van der Waals surface area contributed by atoms with Gasteiger partial charge in [0.05, 0.1) is 22.5 Å². The average Bonchev–Trinajstić information content (AvgIpc) is 3.28. The number of allylic oxidation sites excluding steroid dienone is 1. The van der Waals surface area contributed by atoms with Gasteiger partial charge in [-0.05, 0) is 59.7 Å². The van der Waals surface area contributed by atoms with E-state index >= 15 is 0 Å². The van der Waals surface area contributed by atoms with Crippen LogP contribution in [0.2, 0.25) is 0 Å². The van der Waals surface area contributed by atoms with Gasteiger partial charge in [0.25, 0.3) is 0 Å². The molecule has 0 amide bonds. The lowest BCUT2D eigenvalue weighted by atomic mass is 10.0. The summed E-state index contributed by atoms with van der Waals surface area (Å²) in [6.07, 6.45) is 3.91. The quantitative estimate of drug-likeness (QED) is 0.537. The first kappa shape index (κ1) is 18.1. The van der Waals surface area contributed by atoms with Gasteiger partial charge in [-0.25, -0.2) is 9.18 Å². The van der Waals surface area contributed by atoms with Crippen molar-refractivity contribution in [3.63, 3.8) is 0 Å². The monoisotopic (exact) mass is 401 g/mol. The smallest absolute Gasteiger partial charge is 0.336 e. The van der Waals surface area contributed by atoms with Crippen molar-refractivity contribution < 1.29 is 19.0 Å². The van der Waals surface area contributed by atoms with E-state index in [1.807, 2.05) is 31.3 Å². The number of hydrogen-bond acceptors (Lipinski definition) is 4.